The van der Waals surface area contributed by atoms with Crippen LogP contribution in [0.1, 0.15) is 30.4 Å². The Kier molecular flexibility index (Phi) is 4.37. The fourth-order valence-electron chi connectivity index (χ4n) is 2.66. The van der Waals surface area contributed by atoms with Crippen LogP contribution in [0.4, 0.5) is 5.69 Å². The Morgan fingerprint density at radius 1 is 1.17 bits per heavy atom. The average Bonchev–Trinajstić information content (AvgIpc) is 3.41. The highest BCUT2D eigenvalue weighted by Gasteiger charge is 2.43. The van der Waals surface area contributed by atoms with Crippen LogP contribution in [0.15, 0.2) is 59.7 Å². The molecule has 1 aliphatic carbocycles. The number of nitrogens with zero attached hydrogens (tertiary/aromatic N) is 2. The minimum atomic E-state index is -0.450. The molecule has 0 spiro atoms. The van der Waals surface area contributed by atoms with Gasteiger partial charge in [-0.15, -0.1) is 0 Å². The summed E-state index contributed by atoms with van der Waals surface area (Å²) in [6.07, 6.45) is 0.835. The molecule has 3 rings (SSSR count). The summed E-state index contributed by atoms with van der Waals surface area (Å²) >= 11 is 0. The van der Waals surface area contributed by atoms with Crippen molar-refractivity contribution >= 4 is 17.3 Å². The fraction of sp³-hybridized carbons (Fsp3) is 0.222. The second-order valence-electron chi connectivity index (χ2n) is 5.84. The standard InChI is InChI=1S/C18H17N3O3/c1-12(13-7-9-15(10-8-13)21(23)24)19-20-18(22)17-11-16(17)14-5-3-2-4-6-14/h2-10,16-17H,11H2,1H3,(H,20,22)/b19-12-/t16-,17+/m0/s1. The predicted octanol–water partition coefficient (Wildman–Crippen LogP) is 3.24. The number of carbonyl (C=O) groups is 1. The minimum Gasteiger partial charge on any atom is -0.273 e. The SMILES string of the molecule is C/C(=N/NC(=O)[C@@H]1C[C@H]1c1ccccc1)c1ccc([N+](=O)[O-])cc1. The van der Waals surface area contributed by atoms with Crippen molar-refractivity contribution in [2.75, 3.05) is 0 Å². The number of nitro benzene ring substituents is 1. The summed E-state index contributed by atoms with van der Waals surface area (Å²) in [5, 5.41) is 14.8. The molecule has 1 N–H and O–H groups in total. The lowest BCUT2D eigenvalue weighted by Gasteiger charge is -2.03. The third-order valence-electron chi connectivity index (χ3n) is 4.18. The third kappa shape index (κ3) is 3.48. The van der Waals surface area contributed by atoms with Crippen molar-refractivity contribution in [1.29, 1.82) is 0 Å². The number of nitro groups is 1. The first-order valence-electron chi connectivity index (χ1n) is 7.70. The van der Waals surface area contributed by atoms with Crippen LogP contribution in [0.2, 0.25) is 0 Å². The second-order valence-corrected chi connectivity index (χ2v) is 5.84. The summed E-state index contributed by atoms with van der Waals surface area (Å²) in [4.78, 5) is 22.4. The van der Waals surface area contributed by atoms with E-state index in [0.717, 1.165) is 12.0 Å². The lowest BCUT2D eigenvalue weighted by atomic mass is 10.1. The van der Waals surface area contributed by atoms with Crippen molar-refractivity contribution in [2.24, 2.45) is 11.0 Å². The molecule has 0 aliphatic heterocycles. The molecule has 24 heavy (non-hydrogen) atoms. The Morgan fingerprint density at radius 2 is 1.83 bits per heavy atom. The first-order valence-corrected chi connectivity index (χ1v) is 7.70. The molecule has 6 nitrogen and oxygen atoms in total. The molecule has 6 heteroatoms. The lowest BCUT2D eigenvalue weighted by molar-refractivity contribution is -0.384. The van der Waals surface area contributed by atoms with Crippen LogP contribution in [-0.4, -0.2) is 16.5 Å². The van der Waals surface area contributed by atoms with E-state index in [1.807, 2.05) is 30.3 Å². The molecule has 1 fully saturated rings. The smallest absolute Gasteiger partial charge is 0.269 e. The molecule has 122 valence electrons. The molecular weight excluding hydrogens is 306 g/mol. The van der Waals surface area contributed by atoms with Gasteiger partial charge in [0.25, 0.3) is 5.69 Å². The minimum absolute atomic E-state index is 0.0271. The molecule has 0 saturated heterocycles. The maximum absolute atomic E-state index is 12.2. The van der Waals surface area contributed by atoms with Crippen molar-refractivity contribution in [3.05, 3.63) is 75.8 Å². The van der Waals surface area contributed by atoms with Crippen LogP contribution in [-0.2, 0) is 4.79 Å². The number of hydrogen-bond acceptors (Lipinski definition) is 4. The number of non-ortho nitro benzene ring substituents is 1. The number of rotatable bonds is 5. The molecule has 0 aromatic heterocycles. The highest BCUT2D eigenvalue weighted by atomic mass is 16.6. The Labute approximate surface area is 139 Å². The van der Waals surface area contributed by atoms with Gasteiger partial charge >= 0.3 is 0 Å². The van der Waals surface area contributed by atoms with E-state index in [0.29, 0.717) is 5.71 Å². The van der Waals surface area contributed by atoms with E-state index in [1.54, 1.807) is 19.1 Å². The molecule has 1 amide bonds. The lowest BCUT2D eigenvalue weighted by Crippen LogP contribution is -2.21. The number of nitrogens with one attached hydrogen (secondary N) is 1. The Bertz CT molecular complexity index is 785. The average molecular weight is 323 g/mol. The van der Waals surface area contributed by atoms with E-state index >= 15 is 0 Å². The van der Waals surface area contributed by atoms with Crippen molar-refractivity contribution in [3.8, 4) is 0 Å². The zero-order valence-electron chi connectivity index (χ0n) is 13.2. The van der Waals surface area contributed by atoms with Gasteiger partial charge in [0.05, 0.1) is 10.6 Å². The first-order chi connectivity index (χ1) is 11.6. The van der Waals surface area contributed by atoms with Gasteiger partial charge in [-0.25, -0.2) is 5.43 Å². The molecule has 1 saturated carbocycles. The molecule has 0 unspecified atom stereocenters. The number of carbonyl (C=O) groups excluding carboxylic acids is 1. The molecule has 0 radical (unpaired) electrons. The predicted molar refractivity (Wildman–Crippen MR) is 90.7 cm³/mol. The zero-order chi connectivity index (χ0) is 17.1. The van der Waals surface area contributed by atoms with Gasteiger partial charge in [0.2, 0.25) is 5.91 Å². The maximum atomic E-state index is 12.2. The van der Waals surface area contributed by atoms with Gasteiger partial charge in [0, 0.05) is 18.1 Å². The van der Waals surface area contributed by atoms with E-state index in [9.17, 15) is 14.9 Å². The normalized spacial score (nSPS) is 19.6. The number of hydrogen-bond donors (Lipinski definition) is 1. The topological polar surface area (TPSA) is 84.6 Å². The first kappa shape index (κ1) is 15.9. The van der Waals surface area contributed by atoms with Crippen LogP contribution in [0.25, 0.3) is 0 Å². The van der Waals surface area contributed by atoms with Gasteiger partial charge in [-0.05, 0) is 42.5 Å². The van der Waals surface area contributed by atoms with Gasteiger partial charge < -0.3 is 0 Å². The number of amides is 1. The van der Waals surface area contributed by atoms with Gasteiger partial charge in [-0.1, -0.05) is 30.3 Å². The molecule has 0 heterocycles. The summed E-state index contributed by atoms with van der Waals surface area (Å²) in [6.45, 7) is 1.75. The fourth-order valence-corrected chi connectivity index (χ4v) is 2.66. The summed E-state index contributed by atoms with van der Waals surface area (Å²) in [6, 6.07) is 16.0. The van der Waals surface area contributed by atoms with Crippen LogP contribution >= 0.6 is 0 Å². The summed E-state index contributed by atoms with van der Waals surface area (Å²) in [5.74, 6) is 0.131. The van der Waals surface area contributed by atoms with Gasteiger partial charge in [0.15, 0.2) is 0 Å². The van der Waals surface area contributed by atoms with Crippen molar-refractivity contribution in [1.82, 2.24) is 5.43 Å². The molecule has 0 bridgehead atoms. The molecule has 2 atom stereocenters. The van der Waals surface area contributed by atoms with Crippen LogP contribution in [0.3, 0.4) is 0 Å². The molecular formula is C18H17N3O3. The number of benzene rings is 2. The maximum Gasteiger partial charge on any atom is 0.269 e. The summed E-state index contributed by atoms with van der Waals surface area (Å²) in [5.41, 5.74) is 5.14. The third-order valence-corrected chi connectivity index (χ3v) is 4.18. The summed E-state index contributed by atoms with van der Waals surface area (Å²) in [7, 11) is 0. The van der Waals surface area contributed by atoms with Crippen molar-refractivity contribution in [3.63, 3.8) is 0 Å². The quantitative estimate of drug-likeness (QED) is 0.521. The molecule has 2 aromatic carbocycles. The highest BCUT2D eigenvalue weighted by Crippen LogP contribution is 2.47. The van der Waals surface area contributed by atoms with E-state index in [1.165, 1.54) is 17.7 Å². The highest BCUT2D eigenvalue weighted by molar-refractivity contribution is 5.99. The zero-order valence-corrected chi connectivity index (χ0v) is 13.2. The van der Waals surface area contributed by atoms with Crippen molar-refractivity contribution in [2.45, 2.75) is 19.3 Å². The molecule has 1 aliphatic rings. The molecule has 2 aromatic rings. The van der Waals surface area contributed by atoms with Gasteiger partial charge in [-0.3, -0.25) is 14.9 Å². The van der Waals surface area contributed by atoms with E-state index < -0.39 is 4.92 Å². The van der Waals surface area contributed by atoms with E-state index in [2.05, 4.69) is 10.5 Å². The Hall–Kier alpha value is -3.02. The monoisotopic (exact) mass is 323 g/mol. The second kappa shape index (κ2) is 6.62. The van der Waals surface area contributed by atoms with Crippen molar-refractivity contribution < 1.29 is 9.72 Å². The number of hydrazone groups is 1. The van der Waals surface area contributed by atoms with E-state index in [4.69, 9.17) is 0 Å². The Morgan fingerprint density at radius 3 is 2.46 bits per heavy atom. The van der Waals surface area contributed by atoms with Gasteiger partial charge in [-0.2, -0.15) is 5.10 Å². The largest absolute Gasteiger partial charge is 0.273 e. The Balaban J connectivity index is 1.59. The van der Waals surface area contributed by atoms with Crippen LogP contribution in [0.5, 0.6) is 0 Å². The summed E-state index contributed by atoms with van der Waals surface area (Å²) < 4.78 is 0. The van der Waals surface area contributed by atoms with Crippen LogP contribution in [0, 0.1) is 16.0 Å². The van der Waals surface area contributed by atoms with Gasteiger partial charge in [0.1, 0.15) is 0 Å². The van der Waals surface area contributed by atoms with Crippen LogP contribution < -0.4 is 5.43 Å². The van der Waals surface area contributed by atoms with E-state index in [-0.39, 0.29) is 23.4 Å².